The number of carbonyl (C=O) groups is 1. The average Bonchev–Trinajstić information content (AvgIpc) is 3.29. The highest BCUT2D eigenvalue weighted by molar-refractivity contribution is 7.13. The molecular weight excluding hydrogens is 469 g/mol. The lowest BCUT2D eigenvalue weighted by Crippen LogP contribution is -2.40. The van der Waals surface area contributed by atoms with Crippen LogP contribution in [0.25, 0.3) is 0 Å². The fourth-order valence-corrected chi connectivity index (χ4v) is 4.63. The molecule has 0 fully saturated rings. The number of benzene rings is 1. The van der Waals surface area contributed by atoms with Gasteiger partial charge in [0.15, 0.2) is 36.6 Å². The van der Waals surface area contributed by atoms with E-state index in [2.05, 4.69) is 49.1 Å². The van der Waals surface area contributed by atoms with E-state index >= 15 is 0 Å². The number of thiazole rings is 1. The van der Waals surface area contributed by atoms with Gasteiger partial charge in [-0.2, -0.15) is 0 Å². The molecule has 1 amide bonds. The summed E-state index contributed by atoms with van der Waals surface area (Å²) in [5, 5.41) is 3.04. The minimum atomic E-state index is -1.93. The highest BCUT2D eigenvalue weighted by Crippen LogP contribution is 2.37. The van der Waals surface area contributed by atoms with Crippen LogP contribution >= 0.6 is 11.3 Å². The SMILES string of the molecule is Cc1nc(C(=O)Nc2cn(Cc3cc(F)c(F)c(F)c3)cn2)sc1CO[Si](C)(C)C(C)(C)C. The van der Waals surface area contributed by atoms with Crippen LogP contribution < -0.4 is 5.32 Å². The van der Waals surface area contributed by atoms with Crippen molar-refractivity contribution in [2.24, 2.45) is 0 Å². The lowest BCUT2D eigenvalue weighted by Gasteiger charge is -2.36. The second-order valence-corrected chi connectivity index (χ2v) is 15.2. The lowest BCUT2D eigenvalue weighted by molar-refractivity contribution is 0.102. The third-order valence-electron chi connectivity index (χ3n) is 5.74. The molecule has 6 nitrogen and oxygen atoms in total. The molecule has 3 rings (SSSR count). The molecule has 0 saturated heterocycles. The van der Waals surface area contributed by atoms with E-state index in [1.165, 1.54) is 28.4 Å². The van der Waals surface area contributed by atoms with E-state index in [4.69, 9.17) is 4.43 Å². The summed E-state index contributed by atoms with van der Waals surface area (Å²) < 4.78 is 47.7. The number of nitrogens with zero attached hydrogens (tertiary/aromatic N) is 3. The Bertz CT molecular complexity index is 1150. The summed E-state index contributed by atoms with van der Waals surface area (Å²) in [6.07, 6.45) is 2.92. The van der Waals surface area contributed by atoms with Gasteiger partial charge >= 0.3 is 0 Å². The molecule has 3 aromatic rings. The largest absolute Gasteiger partial charge is 0.412 e. The molecule has 0 spiro atoms. The molecule has 2 aromatic heterocycles. The van der Waals surface area contributed by atoms with Crippen LogP contribution in [0.5, 0.6) is 0 Å². The van der Waals surface area contributed by atoms with Crippen LogP contribution in [0.3, 0.4) is 0 Å². The summed E-state index contributed by atoms with van der Waals surface area (Å²) in [4.78, 5) is 22.0. The number of aromatic nitrogens is 3. The molecule has 0 aliphatic heterocycles. The predicted molar refractivity (Wildman–Crippen MR) is 124 cm³/mol. The molecule has 0 aliphatic rings. The third-order valence-corrected chi connectivity index (χ3v) is 11.3. The minimum Gasteiger partial charge on any atom is -0.412 e. The molecule has 178 valence electrons. The van der Waals surface area contributed by atoms with Crippen molar-refractivity contribution >= 4 is 31.4 Å². The first-order valence-electron chi connectivity index (χ1n) is 10.3. The van der Waals surface area contributed by atoms with Gasteiger partial charge < -0.3 is 14.3 Å². The van der Waals surface area contributed by atoms with Gasteiger partial charge in [0.2, 0.25) is 0 Å². The van der Waals surface area contributed by atoms with E-state index in [0.717, 1.165) is 22.7 Å². The zero-order valence-corrected chi connectivity index (χ0v) is 21.2. The number of hydrogen-bond acceptors (Lipinski definition) is 5. The van der Waals surface area contributed by atoms with Crippen molar-refractivity contribution in [2.75, 3.05) is 5.32 Å². The zero-order chi connectivity index (χ0) is 24.6. The van der Waals surface area contributed by atoms with Gasteiger partial charge in [0.1, 0.15) is 0 Å². The highest BCUT2D eigenvalue weighted by atomic mass is 32.1. The van der Waals surface area contributed by atoms with E-state index in [1.807, 2.05) is 6.92 Å². The molecule has 0 bridgehead atoms. The number of aryl methyl sites for hydroxylation is 1. The number of halogens is 3. The van der Waals surface area contributed by atoms with E-state index in [1.54, 1.807) is 0 Å². The van der Waals surface area contributed by atoms with Crippen molar-refractivity contribution in [3.63, 3.8) is 0 Å². The molecule has 0 radical (unpaired) electrons. The van der Waals surface area contributed by atoms with Crippen LogP contribution in [-0.2, 0) is 17.6 Å². The van der Waals surface area contributed by atoms with Crippen LogP contribution in [0.15, 0.2) is 24.7 Å². The minimum absolute atomic E-state index is 0.0578. The first-order valence-corrected chi connectivity index (χ1v) is 14.1. The standard InChI is InChI=1S/C22H27F3N4O2SSi/c1-13-17(11-31-33(5,6)22(2,3)4)32-21(27-13)20(30)28-18-10-29(12-26-18)9-14-7-15(23)19(25)16(24)8-14/h7-8,10,12H,9,11H2,1-6H3,(H,28,30). The summed E-state index contributed by atoms with van der Waals surface area (Å²) >= 11 is 1.27. The van der Waals surface area contributed by atoms with Crippen LogP contribution in [-0.4, -0.2) is 28.8 Å². The Balaban J connectivity index is 1.64. The Morgan fingerprint density at radius 3 is 2.45 bits per heavy atom. The molecule has 0 unspecified atom stereocenters. The van der Waals surface area contributed by atoms with E-state index in [9.17, 15) is 18.0 Å². The van der Waals surface area contributed by atoms with Crippen molar-refractivity contribution in [3.8, 4) is 0 Å². The molecule has 11 heteroatoms. The average molecular weight is 497 g/mol. The first-order chi connectivity index (χ1) is 15.3. The molecular formula is C22H27F3N4O2SSi. The Hall–Kier alpha value is -2.50. The van der Waals surface area contributed by atoms with E-state index in [-0.39, 0.29) is 23.0 Å². The third kappa shape index (κ3) is 5.90. The quantitative estimate of drug-likeness (QED) is 0.327. The highest BCUT2D eigenvalue weighted by Gasteiger charge is 2.37. The van der Waals surface area contributed by atoms with Crippen molar-refractivity contribution in [1.29, 1.82) is 0 Å². The fourth-order valence-electron chi connectivity index (χ4n) is 2.71. The van der Waals surface area contributed by atoms with E-state index < -0.39 is 31.7 Å². The maximum Gasteiger partial charge on any atom is 0.285 e. The molecule has 0 saturated carbocycles. The summed E-state index contributed by atoms with van der Waals surface area (Å²) in [5.41, 5.74) is 0.971. The molecule has 0 aliphatic carbocycles. The number of rotatable bonds is 7. The smallest absolute Gasteiger partial charge is 0.285 e. The van der Waals surface area contributed by atoms with Gasteiger partial charge in [-0.3, -0.25) is 4.79 Å². The Morgan fingerprint density at radius 2 is 1.85 bits per heavy atom. The topological polar surface area (TPSA) is 69.0 Å². The van der Waals surface area contributed by atoms with Gasteiger partial charge in [-0.15, -0.1) is 11.3 Å². The number of imidazole rings is 1. The monoisotopic (exact) mass is 496 g/mol. The number of anilines is 1. The van der Waals surface area contributed by atoms with Crippen molar-refractivity contribution < 1.29 is 22.4 Å². The van der Waals surface area contributed by atoms with Crippen LogP contribution in [0.4, 0.5) is 19.0 Å². The molecule has 2 heterocycles. The van der Waals surface area contributed by atoms with Gasteiger partial charge in [0.25, 0.3) is 5.91 Å². The molecule has 33 heavy (non-hydrogen) atoms. The summed E-state index contributed by atoms with van der Waals surface area (Å²) in [5.74, 6) is -4.18. The summed E-state index contributed by atoms with van der Waals surface area (Å²) in [6, 6.07) is 1.84. The van der Waals surface area contributed by atoms with Gasteiger partial charge in [0, 0.05) is 12.7 Å². The number of amides is 1. The van der Waals surface area contributed by atoms with Gasteiger partial charge in [-0.05, 0) is 42.8 Å². The second kappa shape index (κ2) is 9.39. The number of hydrogen-bond donors (Lipinski definition) is 1. The van der Waals surface area contributed by atoms with Gasteiger partial charge in [-0.1, -0.05) is 20.8 Å². The summed E-state index contributed by atoms with van der Waals surface area (Å²) in [7, 11) is -1.93. The summed E-state index contributed by atoms with van der Waals surface area (Å²) in [6.45, 7) is 13.1. The molecule has 1 aromatic carbocycles. The molecule has 0 atom stereocenters. The number of nitrogens with one attached hydrogen (secondary N) is 1. The zero-order valence-electron chi connectivity index (χ0n) is 19.4. The Kier molecular flexibility index (Phi) is 7.15. The second-order valence-electron chi connectivity index (χ2n) is 9.34. The maximum atomic E-state index is 13.4. The Labute approximate surface area is 196 Å². The predicted octanol–water partition coefficient (Wildman–Crippen LogP) is 5.89. The molecule has 1 N–H and O–H groups in total. The maximum absolute atomic E-state index is 13.4. The normalized spacial score (nSPS) is 12.3. The van der Waals surface area contributed by atoms with Crippen LogP contribution in [0.2, 0.25) is 18.1 Å². The van der Waals surface area contributed by atoms with Crippen molar-refractivity contribution in [3.05, 3.63) is 63.3 Å². The van der Waals surface area contributed by atoms with Gasteiger partial charge in [0.05, 0.1) is 23.5 Å². The lowest BCUT2D eigenvalue weighted by atomic mass is 10.2. The van der Waals surface area contributed by atoms with E-state index in [0.29, 0.717) is 11.6 Å². The Morgan fingerprint density at radius 1 is 1.21 bits per heavy atom. The van der Waals surface area contributed by atoms with Crippen LogP contribution in [0, 0.1) is 24.4 Å². The van der Waals surface area contributed by atoms with Crippen molar-refractivity contribution in [1.82, 2.24) is 14.5 Å². The first kappa shape index (κ1) is 25.1. The fraction of sp³-hybridized carbons (Fsp3) is 0.409. The number of carbonyl (C=O) groups excluding carboxylic acids is 1. The van der Waals surface area contributed by atoms with Crippen LogP contribution in [0.1, 0.15) is 46.7 Å². The van der Waals surface area contributed by atoms with Crippen molar-refractivity contribution in [2.45, 2.75) is 59.0 Å². The van der Waals surface area contributed by atoms with Gasteiger partial charge in [-0.25, -0.2) is 23.1 Å².